The Labute approximate surface area is 221 Å². The highest BCUT2D eigenvalue weighted by molar-refractivity contribution is 5.94. The van der Waals surface area contributed by atoms with E-state index in [1.165, 1.54) is 6.07 Å². The number of oxime groups is 1. The summed E-state index contributed by atoms with van der Waals surface area (Å²) in [5, 5.41) is 22.3. The second-order valence-corrected chi connectivity index (χ2v) is 10.4. The van der Waals surface area contributed by atoms with Gasteiger partial charge in [0.1, 0.15) is 17.5 Å². The van der Waals surface area contributed by atoms with E-state index in [0.29, 0.717) is 35.7 Å². The highest BCUT2D eigenvalue weighted by Crippen LogP contribution is 2.36. The number of carbonyl (C=O) groups excluding carboxylic acids is 1. The van der Waals surface area contributed by atoms with E-state index in [1.54, 1.807) is 29.2 Å². The minimum absolute atomic E-state index is 0.0364. The van der Waals surface area contributed by atoms with Crippen LogP contribution >= 0.6 is 0 Å². The molecule has 3 aromatic rings. The van der Waals surface area contributed by atoms with E-state index in [0.717, 1.165) is 11.1 Å². The van der Waals surface area contributed by atoms with Crippen LogP contribution in [0.25, 0.3) is 11.1 Å². The summed E-state index contributed by atoms with van der Waals surface area (Å²) in [4.78, 5) is 21.4. The summed E-state index contributed by atoms with van der Waals surface area (Å²) in [5.74, 6) is 0.00480. The molecule has 1 amide bonds. The van der Waals surface area contributed by atoms with Crippen LogP contribution in [0, 0.1) is 18.7 Å². The number of nitrogens with zero attached hydrogens (tertiary/aromatic N) is 3. The molecule has 0 aliphatic carbocycles. The van der Waals surface area contributed by atoms with Crippen LogP contribution in [0.5, 0.6) is 0 Å². The van der Waals surface area contributed by atoms with Crippen LogP contribution in [-0.2, 0) is 15.4 Å². The molecule has 5 rings (SSSR count). The summed E-state index contributed by atoms with van der Waals surface area (Å²) in [7, 11) is 0. The average Bonchev–Trinajstić information content (AvgIpc) is 3.63. The first kappa shape index (κ1) is 25.9. The average molecular weight is 521 g/mol. The topological polar surface area (TPSA) is 100 Å². The van der Waals surface area contributed by atoms with Crippen LogP contribution in [-0.4, -0.2) is 45.6 Å². The van der Waals surface area contributed by atoms with Crippen molar-refractivity contribution in [2.45, 2.75) is 64.3 Å². The first-order valence-corrected chi connectivity index (χ1v) is 13.0. The lowest BCUT2D eigenvalue weighted by molar-refractivity contribution is -0.134. The molecule has 2 aliphatic rings. The molecule has 1 fully saturated rings. The van der Waals surface area contributed by atoms with E-state index in [1.807, 2.05) is 52.0 Å². The van der Waals surface area contributed by atoms with Gasteiger partial charge in [0, 0.05) is 36.6 Å². The Morgan fingerprint density at radius 3 is 2.61 bits per heavy atom. The minimum atomic E-state index is -0.940. The molecule has 1 aromatic heterocycles. The Bertz CT molecular complexity index is 1340. The maximum atomic E-state index is 14.3. The van der Waals surface area contributed by atoms with Gasteiger partial charge in [0.15, 0.2) is 5.84 Å². The number of likely N-dealkylation sites (tertiary alicyclic amines) is 1. The van der Waals surface area contributed by atoms with Crippen LogP contribution in [0.4, 0.5) is 4.39 Å². The van der Waals surface area contributed by atoms with Gasteiger partial charge < -0.3 is 24.7 Å². The van der Waals surface area contributed by atoms with Crippen molar-refractivity contribution in [3.8, 4) is 11.1 Å². The normalized spacial score (nSPS) is 23.8. The molecule has 0 saturated carbocycles. The number of amides is 1. The van der Waals surface area contributed by atoms with E-state index in [9.17, 15) is 14.3 Å². The highest BCUT2D eigenvalue weighted by atomic mass is 19.1. The molecule has 1 saturated heterocycles. The number of aliphatic hydroxyl groups is 1. The molecule has 1 unspecified atom stereocenters. The SMILES string of the molecule is CC[C@@]1(c2ccc(-c3ccccc3F)cc2)NC([C@@H]2C[C@@H](O)CN2C(=O)C(c2cc(C)no2)C(C)C)=NO1. The Kier molecular flexibility index (Phi) is 6.96. The number of nitrogens with one attached hydrogen (secondary N) is 1. The van der Waals surface area contributed by atoms with Crippen molar-refractivity contribution in [1.82, 2.24) is 15.4 Å². The van der Waals surface area contributed by atoms with Gasteiger partial charge in [0.05, 0.1) is 17.8 Å². The lowest BCUT2D eigenvalue weighted by Crippen LogP contribution is -2.51. The van der Waals surface area contributed by atoms with E-state index in [-0.39, 0.29) is 24.2 Å². The zero-order valence-corrected chi connectivity index (χ0v) is 22.0. The molecule has 200 valence electrons. The number of aromatic nitrogens is 1. The molecule has 2 aliphatic heterocycles. The number of aliphatic hydroxyl groups excluding tert-OH is 1. The van der Waals surface area contributed by atoms with Crippen molar-refractivity contribution in [1.29, 1.82) is 0 Å². The van der Waals surface area contributed by atoms with Gasteiger partial charge >= 0.3 is 0 Å². The number of amidine groups is 1. The number of benzene rings is 2. The Morgan fingerprint density at radius 2 is 1.97 bits per heavy atom. The van der Waals surface area contributed by atoms with Crippen molar-refractivity contribution in [3.63, 3.8) is 0 Å². The largest absolute Gasteiger partial charge is 0.391 e. The predicted octanol–water partition coefficient (Wildman–Crippen LogP) is 4.69. The summed E-state index contributed by atoms with van der Waals surface area (Å²) in [6, 6.07) is 15.5. The maximum Gasteiger partial charge on any atom is 0.234 e. The Hall–Kier alpha value is -3.72. The molecule has 3 heterocycles. The van der Waals surface area contributed by atoms with Gasteiger partial charge in [0.2, 0.25) is 11.6 Å². The molecular formula is C29H33FN4O4. The standard InChI is InChI=1S/C29H33FN4O4/c1-5-29(20-12-10-19(11-13-20)22-8-6-7-9-23(22)30)31-27(33-38-29)24-15-21(35)16-34(24)28(36)26(17(2)3)25-14-18(4)32-37-25/h6-14,17,21,24,26,35H,5,15-16H2,1-4H3,(H,31,33)/t21-,24+,26?,29-/m1/s1. The van der Waals surface area contributed by atoms with E-state index < -0.39 is 23.8 Å². The molecule has 0 bridgehead atoms. The van der Waals surface area contributed by atoms with Crippen molar-refractivity contribution in [3.05, 3.63) is 77.4 Å². The third-order valence-corrected chi connectivity index (χ3v) is 7.43. The van der Waals surface area contributed by atoms with Gasteiger partial charge in [-0.2, -0.15) is 0 Å². The Morgan fingerprint density at radius 1 is 1.24 bits per heavy atom. The maximum absolute atomic E-state index is 14.3. The number of rotatable bonds is 7. The first-order valence-electron chi connectivity index (χ1n) is 13.0. The molecule has 0 radical (unpaired) electrons. The fourth-order valence-corrected chi connectivity index (χ4v) is 5.38. The molecule has 8 nitrogen and oxygen atoms in total. The van der Waals surface area contributed by atoms with Crippen LogP contribution < -0.4 is 5.32 Å². The number of β-amino-alcohol motifs (C(OH)–C–C–N with tert-alkyl or cyclic N) is 1. The van der Waals surface area contributed by atoms with Crippen LogP contribution in [0.2, 0.25) is 0 Å². The fraction of sp³-hybridized carbons (Fsp3) is 0.414. The molecule has 4 atom stereocenters. The second kappa shape index (κ2) is 10.2. The fourth-order valence-electron chi connectivity index (χ4n) is 5.38. The molecular weight excluding hydrogens is 487 g/mol. The number of aryl methyl sites for hydroxylation is 1. The third kappa shape index (κ3) is 4.67. The second-order valence-electron chi connectivity index (χ2n) is 10.4. The van der Waals surface area contributed by atoms with Gasteiger partial charge in [-0.25, -0.2) is 4.39 Å². The van der Waals surface area contributed by atoms with Crippen molar-refractivity contribution < 1.29 is 23.7 Å². The number of carbonyl (C=O) groups is 1. The number of hydrogen-bond donors (Lipinski definition) is 2. The van der Waals surface area contributed by atoms with Gasteiger partial charge in [0.25, 0.3) is 0 Å². The first-order chi connectivity index (χ1) is 18.2. The molecule has 9 heteroatoms. The zero-order chi connectivity index (χ0) is 27.0. The highest BCUT2D eigenvalue weighted by Gasteiger charge is 2.47. The molecule has 2 aromatic carbocycles. The van der Waals surface area contributed by atoms with E-state index in [4.69, 9.17) is 9.36 Å². The van der Waals surface area contributed by atoms with Crippen LogP contribution in [0.3, 0.4) is 0 Å². The summed E-state index contributed by atoms with van der Waals surface area (Å²) < 4.78 is 19.7. The molecule has 38 heavy (non-hydrogen) atoms. The summed E-state index contributed by atoms with van der Waals surface area (Å²) >= 11 is 0. The lowest BCUT2D eigenvalue weighted by atomic mass is 9.91. The summed E-state index contributed by atoms with van der Waals surface area (Å²) in [5.41, 5.74) is 1.88. The smallest absolute Gasteiger partial charge is 0.234 e. The quantitative estimate of drug-likeness (QED) is 0.469. The number of halogens is 1. The third-order valence-electron chi connectivity index (χ3n) is 7.43. The minimum Gasteiger partial charge on any atom is -0.391 e. The van der Waals surface area contributed by atoms with Crippen molar-refractivity contribution in [2.75, 3.05) is 6.54 Å². The zero-order valence-electron chi connectivity index (χ0n) is 22.0. The van der Waals surface area contributed by atoms with Crippen LogP contribution in [0.1, 0.15) is 56.5 Å². The molecule has 0 spiro atoms. The number of hydrogen-bond acceptors (Lipinski definition) is 7. The summed E-state index contributed by atoms with van der Waals surface area (Å²) in [6.07, 6.45) is 0.205. The van der Waals surface area contributed by atoms with Gasteiger partial charge in [-0.15, -0.1) is 0 Å². The van der Waals surface area contributed by atoms with Crippen LogP contribution in [0.15, 0.2) is 64.3 Å². The van der Waals surface area contributed by atoms with Crippen molar-refractivity contribution in [2.24, 2.45) is 11.1 Å². The molecule has 2 N–H and O–H groups in total. The monoisotopic (exact) mass is 520 g/mol. The van der Waals surface area contributed by atoms with Gasteiger partial charge in [-0.3, -0.25) is 4.79 Å². The lowest BCUT2D eigenvalue weighted by Gasteiger charge is -2.31. The van der Waals surface area contributed by atoms with Gasteiger partial charge in [-0.05, 0) is 24.5 Å². The predicted molar refractivity (Wildman–Crippen MR) is 140 cm³/mol. The van der Waals surface area contributed by atoms with Crippen molar-refractivity contribution >= 4 is 11.7 Å². The van der Waals surface area contributed by atoms with E-state index in [2.05, 4.69) is 15.6 Å². The van der Waals surface area contributed by atoms with Gasteiger partial charge in [-0.1, -0.05) is 73.5 Å². The Balaban J connectivity index is 1.37. The summed E-state index contributed by atoms with van der Waals surface area (Å²) in [6.45, 7) is 7.91. The van der Waals surface area contributed by atoms with E-state index >= 15 is 0 Å².